The van der Waals surface area contributed by atoms with Gasteiger partial charge in [0.05, 0.1) is 12.4 Å². The number of para-hydroxylation sites is 1. The van der Waals surface area contributed by atoms with Gasteiger partial charge in [-0.05, 0) is 19.9 Å². The Hall–Kier alpha value is -1.81. The van der Waals surface area contributed by atoms with Gasteiger partial charge < -0.3 is 15.0 Å². The van der Waals surface area contributed by atoms with Crippen LogP contribution in [0.5, 0.6) is 5.75 Å². The molecule has 0 atom stereocenters. The van der Waals surface area contributed by atoms with Crippen molar-refractivity contribution in [3.8, 4) is 5.75 Å². The quantitative estimate of drug-likeness (QED) is 0.751. The minimum Gasteiger partial charge on any atom is -0.491 e. The molecule has 1 aromatic carbocycles. The van der Waals surface area contributed by atoms with Gasteiger partial charge in [-0.1, -0.05) is 18.2 Å². The Bertz CT molecular complexity index is 480. The minimum absolute atomic E-state index is 0.200. The van der Waals surface area contributed by atoms with E-state index in [1.165, 1.54) is 5.56 Å². The molecule has 0 aliphatic rings. The lowest BCUT2D eigenvalue weighted by Gasteiger charge is -2.14. The maximum atomic E-state index is 5.79. The van der Waals surface area contributed by atoms with Crippen LogP contribution in [-0.4, -0.2) is 22.6 Å². The average molecular weight is 259 g/mol. The summed E-state index contributed by atoms with van der Waals surface area (Å²) >= 11 is 0. The number of benzene rings is 1. The van der Waals surface area contributed by atoms with E-state index in [1.807, 2.05) is 38.2 Å². The first-order valence-electron chi connectivity index (χ1n) is 6.68. The molecule has 4 heteroatoms. The van der Waals surface area contributed by atoms with Crippen LogP contribution in [0.15, 0.2) is 36.8 Å². The van der Waals surface area contributed by atoms with Crippen LogP contribution < -0.4 is 10.1 Å². The second kappa shape index (κ2) is 6.95. The lowest BCUT2D eigenvalue weighted by molar-refractivity contribution is 0.239. The van der Waals surface area contributed by atoms with Gasteiger partial charge in [0.25, 0.3) is 0 Å². The molecule has 0 unspecified atom stereocenters. The highest BCUT2D eigenvalue weighted by Gasteiger charge is 2.04. The standard InChI is InChI=1S/C15H21N3O/c1-12(2)19-15-6-4-3-5-13(15)9-16-8-7-14-10-17-11-18-14/h3-6,10-12,16H,7-9H2,1-2H3,(H,17,18). The van der Waals surface area contributed by atoms with Crippen molar-refractivity contribution >= 4 is 0 Å². The first-order valence-corrected chi connectivity index (χ1v) is 6.68. The third-order valence-corrected chi connectivity index (χ3v) is 2.78. The van der Waals surface area contributed by atoms with Crippen molar-refractivity contribution in [2.45, 2.75) is 32.9 Å². The van der Waals surface area contributed by atoms with Crippen molar-refractivity contribution in [1.29, 1.82) is 0 Å². The van der Waals surface area contributed by atoms with Crippen molar-refractivity contribution in [2.75, 3.05) is 6.54 Å². The fourth-order valence-electron chi connectivity index (χ4n) is 1.89. The van der Waals surface area contributed by atoms with Crippen molar-refractivity contribution in [3.63, 3.8) is 0 Å². The number of imidazole rings is 1. The molecule has 2 N–H and O–H groups in total. The van der Waals surface area contributed by atoms with Crippen LogP contribution in [0, 0.1) is 0 Å². The number of aromatic nitrogens is 2. The van der Waals surface area contributed by atoms with E-state index in [1.54, 1.807) is 6.33 Å². The normalized spacial score (nSPS) is 10.9. The molecule has 0 radical (unpaired) electrons. The summed E-state index contributed by atoms with van der Waals surface area (Å²) in [7, 11) is 0. The van der Waals surface area contributed by atoms with Gasteiger partial charge >= 0.3 is 0 Å². The Morgan fingerprint density at radius 3 is 2.89 bits per heavy atom. The van der Waals surface area contributed by atoms with E-state index in [2.05, 4.69) is 21.4 Å². The molecular weight excluding hydrogens is 238 g/mol. The van der Waals surface area contributed by atoms with Gasteiger partial charge in [-0.3, -0.25) is 0 Å². The van der Waals surface area contributed by atoms with Crippen LogP contribution >= 0.6 is 0 Å². The maximum absolute atomic E-state index is 5.79. The first kappa shape index (κ1) is 13.6. The molecule has 2 rings (SSSR count). The molecule has 0 amide bonds. The van der Waals surface area contributed by atoms with Gasteiger partial charge in [0.15, 0.2) is 0 Å². The van der Waals surface area contributed by atoms with E-state index < -0.39 is 0 Å². The number of nitrogens with one attached hydrogen (secondary N) is 2. The van der Waals surface area contributed by atoms with E-state index >= 15 is 0 Å². The summed E-state index contributed by atoms with van der Waals surface area (Å²) in [6.45, 7) is 5.82. The molecular formula is C15H21N3O. The smallest absolute Gasteiger partial charge is 0.124 e. The lowest BCUT2D eigenvalue weighted by atomic mass is 10.2. The number of ether oxygens (including phenoxy) is 1. The van der Waals surface area contributed by atoms with Crippen molar-refractivity contribution < 1.29 is 4.74 Å². The molecule has 0 fully saturated rings. The molecule has 0 spiro atoms. The Balaban J connectivity index is 1.82. The first-order chi connectivity index (χ1) is 9.25. The molecule has 0 aliphatic carbocycles. The molecule has 1 aromatic heterocycles. The van der Waals surface area contributed by atoms with Gasteiger partial charge in [-0.2, -0.15) is 0 Å². The monoisotopic (exact) mass is 259 g/mol. The summed E-state index contributed by atoms with van der Waals surface area (Å²) in [6.07, 6.45) is 4.72. The molecule has 0 bridgehead atoms. The number of H-pyrrole nitrogens is 1. The van der Waals surface area contributed by atoms with Crippen LogP contribution in [0.4, 0.5) is 0 Å². The SMILES string of the molecule is CC(C)Oc1ccccc1CNCCc1cnc[nH]1. The topological polar surface area (TPSA) is 49.9 Å². The molecule has 102 valence electrons. The Labute approximate surface area is 114 Å². The number of rotatable bonds is 7. The Morgan fingerprint density at radius 2 is 2.16 bits per heavy atom. The molecule has 1 heterocycles. The summed E-state index contributed by atoms with van der Waals surface area (Å²) in [5, 5.41) is 3.43. The van der Waals surface area contributed by atoms with Crippen LogP contribution in [0.2, 0.25) is 0 Å². The average Bonchev–Trinajstić information content (AvgIpc) is 2.89. The minimum atomic E-state index is 0.200. The summed E-state index contributed by atoms with van der Waals surface area (Å²) in [4.78, 5) is 7.10. The predicted molar refractivity (Wildman–Crippen MR) is 76.2 cm³/mol. The van der Waals surface area contributed by atoms with E-state index in [-0.39, 0.29) is 6.10 Å². The lowest BCUT2D eigenvalue weighted by Crippen LogP contribution is -2.18. The van der Waals surface area contributed by atoms with Crippen molar-refractivity contribution in [3.05, 3.63) is 48.0 Å². The van der Waals surface area contributed by atoms with Gasteiger partial charge in [0, 0.05) is 37.0 Å². The second-order valence-electron chi connectivity index (χ2n) is 4.78. The fraction of sp³-hybridized carbons (Fsp3) is 0.400. The van der Waals surface area contributed by atoms with Gasteiger partial charge in [0.2, 0.25) is 0 Å². The third-order valence-electron chi connectivity index (χ3n) is 2.78. The predicted octanol–water partition coefficient (Wildman–Crippen LogP) is 2.53. The van der Waals surface area contributed by atoms with Gasteiger partial charge in [-0.25, -0.2) is 4.98 Å². The molecule has 0 aliphatic heterocycles. The Morgan fingerprint density at radius 1 is 1.32 bits per heavy atom. The largest absolute Gasteiger partial charge is 0.491 e. The molecule has 0 saturated heterocycles. The number of hydrogen-bond donors (Lipinski definition) is 2. The maximum Gasteiger partial charge on any atom is 0.124 e. The number of hydrogen-bond acceptors (Lipinski definition) is 3. The van der Waals surface area contributed by atoms with Crippen molar-refractivity contribution in [2.24, 2.45) is 0 Å². The van der Waals surface area contributed by atoms with Crippen LogP contribution in [0.1, 0.15) is 25.1 Å². The fourth-order valence-corrected chi connectivity index (χ4v) is 1.89. The molecule has 2 aromatic rings. The van der Waals surface area contributed by atoms with E-state index in [0.29, 0.717) is 0 Å². The van der Waals surface area contributed by atoms with Crippen LogP contribution in [-0.2, 0) is 13.0 Å². The number of nitrogens with zero attached hydrogens (tertiary/aromatic N) is 1. The van der Waals surface area contributed by atoms with Crippen LogP contribution in [0.25, 0.3) is 0 Å². The van der Waals surface area contributed by atoms with Gasteiger partial charge in [0.1, 0.15) is 5.75 Å². The zero-order valence-electron chi connectivity index (χ0n) is 11.5. The summed E-state index contributed by atoms with van der Waals surface area (Å²) in [5.74, 6) is 0.964. The van der Waals surface area contributed by atoms with E-state index in [4.69, 9.17) is 4.74 Å². The molecule has 4 nitrogen and oxygen atoms in total. The highest BCUT2D eigenvalue weighted by Crippen LogP contribution is 2.18. The summed E-state index contributed by atoms with van der Waals surface area (Å²) in [5.41, 5.74) is 2.35. The zero-order valence-corrected chi connectivity index (χ0v) is 11.5. The third kappa shape index (κ3) is 4.41. The van der Waals surface area contributed by atoms with Crippen molar-refractivity contribution in [1.82, 2.24) is 15.3 Å². The highest BCUT2D eigenvalue weighted by atomic mass is 16.5. The van der Waals surface area contributed by atoms with E-state index in [9.17, 15) is 0 Å². The Kier molecular flexibility index (Phi) is 4.98. The summed E-state index contributed by atoms with van der Waals surface area (Å²) in [6, 6.07) is 8.16. The second-order valence-corrected chi connectivity index (χ2v) is 4.78. The van der Waals surface area contributed by atoms with E-state index in [0.717, 1.165) is 31.0 Å². The molecule has 0 saturated carbocycles. The molecule has 19 heavy (non-hydrogen) atoms. The van der Waals surface area contributed by atoms with Gasteiger partial charge in [-0.15, -0.1) is 0 Å². The van der Waals surface area contributed by atoms with Crippen LogP contribution in [0.3, 0.4) is 0 Å². The zero-order chi connectivity index (χ0) is 13.5. The summed E-state index contributed by atoms with van der Waals surface area (Å²) < 4.78 is 5.79. The number of aromatic amines is 1. The highest BCUT2D eigenvalue weighted by molar-refractivity contribution is 5.33.